The van der Waals surface area contributed by atoms with Crippen LogP contribution in [-0.4, -0.2) is 19.7 Å². The summed E-state index contributed by atoms with van der Waals surface area (Å²) in [5, 5.41) is 0. The van der Waals surface area contributed by atoms with Gasteiger partial charge in [0.15, 0.2) is 0 Å². The van der Waals surface area contributed by atoms with E-state index in [1.54, 1.807) is 26.2 Å². The van der Waals surface area contributed by atoms with Crippen molar-refractivity contribution in [2.75, 3.05) is 13.7 Å². The highest BCUT2D eigenvalue weighted by molar-refractivity contribution is 9.10. The maximum absolute atomic E-state index is 11.5. The van der Waals surface area contributed by atoms with Gasteiger partial charge in [-0.2, -0.15) is 0 Å². The first-order chi connectivity index (χ1) is 9.15. The lowest BCUT2D eigenvalue weighted by Crippen LogP contribution is -2.02. The zero-order chi connectivity index (χ0) is 13.8. The molecule has 100 valence electrons. The van der Waals surface area contributed by atoms with Crippen molar-refractivity contribution in [1.29, 1.82) is 0 Å². The summed E-state index contributed by atoms with van der Waals surface area (Å²) in [4.78, 5) is 11.5. The molecule has 1 aromatic carbocycles. The molecule has 0 radical (unpaired) electrons. The molecule has 19 heavy (non-hydrogen) atoms. The molecule has 2 rings (SSSR count). The second-order valence-electron chi connectivity index (χ2n) is 3.73. The van der Waals surface area contributed by atoms with Crippen LogP contribution in [0.1, 0.15) is 17.5 Å². The van der Waals surface area contributed by atoms with E-state index in [0.717, 1.165) is 15.8 Å². The van der Waals surface area contributed by atoms with Crippen LogP contribution in [0.4, 0.5) is 0 Å². The number of ether oxygens (including phenoxy) is 2. The molecular formula is C14H13BrO4. The monoisotopic (exact) mass is 324 g/mol. The van der Waals surface area contributed by atoms with Crippen LogP contribution in [0.3, 0.4) is 0 Å². The van der Waals surface area contributed by atoms with Gasteiger partial charge >= 0.3 is 5.97 Å². The highest BCUT2D eigenvalue weighted by Gasteiger charge is 2.14. The minimum absolute atomic E-state index is 0.194. The first kappa shape index (κ1) is 13.7. The third-order valence-corrected chi connectivity index (χ3v) is 3.18. The van der Waals surface area contributed by atoms with Crippen LogP contribution in [0.2, 0.25) is 0 Å². The number of carbonyl (C=O) groups excluding carboxylic acids is 1. The van der Waals surface area contributed by atoms with Crippen LogP contribution in [0.15, 0.2) is 39.2 Å². The lowest BCUT2D eigenvalue weighted by atomic mass is 10.2. The summed E-state index contributed by atoms with van der Waals surface area (Å²) in [6.45, 7) is 2.07. The van der Waals surface area contributed by atoms with Gasteiger partial charge in [-0.25, -0.2) is 4.79 Å². The van der Waals surface area contributed by atoms with Crippen LogP contribution < -0.4 is 4.74 Å². The Kier molecular flexibility index (Phi) is 4.27. The van der Waals surface area contributed by atoms with Gasteiger partial charge < -0.3 is 13.9 Å². The molecule has 0 N–H and O–H groups in total. The normalized spacial score (nSPS) is 10.3. The van der Waals surface area contributed by atoms with Crippen molar-refractivity contribution in [3.8, 4) is 17.1 Å². The zero-order valence-corrected chi connectivity index (χ0v) is 12.2. The Labute approximate surface area is 119 Å². The van der Waals surface area contributed by atoms with Crippen molar-refractivity contribution >= 4 is 21.9 Å². The van der Waals surface area contributed by atoms with Crippen molar-refractivity contribution in [3.63, 3.8) is 0 Å². The molecule has 1 heterocycles. The summed E-state index contributed by atoms with van der Waals surface area (Å²) in [7, 11) is 1.60. The third kappa shape index (κ3) is 2.98. The molecule has 0 fully saturated rings. The molecule has 4 nitrogen and oxygen atoms in total. The fourth-order valence-electron chi connectivity index (χ4n) is 1.62. The maximum Gasteiger partial charge on any atom is 0.374 e. The average Bonchev–Trinajstić information content (AvgIpc) is 2.88. The van der Waals surface area contributed by atoms with Gasteiger partial charge in [-0.1, -0.05) is 0 Å². The van der Waals surface area contributed by atoms with Gasteiger partial charge in [-0.3, -0.25) is 0 Å². The highest BCUT2D eigenvalue weighted by Crippen LogP contribution is 2.32. The lowest BCUT2D eigenvalue weighted by molar-refractivity contribution is 0.0491. The van der Waals surface area contributed by atoms with Crippen LogP contribution in [-0.2, 0) is 4.74 Å². The van der Waals surface area contributed by atoms with E-state index in [1.165, 1.54) is 0 Å². The number of esters is 1. The zero-order valence-electron chi connectivity index (χ0n) is 10.6. The summed E-state index contributed by atoms with van der Waals surface area (Å²) in [5.74, 6) is 1.07. The summed E-state index contributed by atoms with van der Waals surface area (Å²) >= 11 is 3.45. The SMILES string of the molecule is CCOC(=O)c1ccc(-c2ccc(OC)cc2Br)o1. The van der Waals surface area contributed by atoms with Crippen LogP contribution in [0.5, 0.6) is 5.75 Å². The van der Waals surface area contributed by atoms with Gasteiger partial charge in [0.25, 0.3) is 0 Å². The molecule has 1 aromatic heterocycles. The Balaban J connectivity index is 2.30. The van der Waals surface area contributed by atoms with Gasteiger partial charge in [0.05, 0.1) is 13.7 Å². The molecule has 0 atom stereocenters. The van der Waals surface area contributed by atoms with Crippen molar-refractivity contribution in [3.05, 3.63) is 40.6 Å². The third-order valence-electron chi connectivity index (χ3n) is 2.52. The second kappa shape index (κ2) is 5.93. The van der Waals surface area contributed by atoms with Gasteiger partial charge in [0.1, 0.15) is 11.5 Å². The molecule has 0 saturated heterocycles. The van der Waals surface area contributed by atoms with Gasteiger partial charge in [0, 0.05) is 10.0 Å². The number of hydrogen-bond donors (Lipinski definition) is 0. The Morgan fingerprint density at radius 1 is 1.32 bits per heavy atom. The predicted octanol–water partition coefficient (Wildman–Crippen LogP) is 3.89. The Morgan fingerprint density at radius 2 is 2.11 bits per heavy atom. The van der Waals surface area contributed by atoms with Crippen molar-refractivity contribution in [2.45, 2.75) is 6.92 Å². The lowest BCUT2D eigenvalue weighted by Gasteiger charge is -2.04. The van der Waals surface area contributed by atoms with E-state index in [4.69, 9.17) is 13.9 Å². The molecule has 0 spiro atoms. The smallest absolute Gasteiger partial charge is 0.374 e. The largest absolute Gasteiger partial charge is 0.497 e. The molecule has 0 unspecified atom stereocenters. The number of carbonyl (C=O) groups is 1. The first-order valence-corrected chi connectivity index (χ1v) is 6.56. The van der Waals surface area contributed by atoms with E-state index in [2.05, 4.69) is 15.9 Å². The Morgan fingerprint density at radius 3 is 2.74 bits per heavy atom. The second-order valence-corrected chi connectivity index (χ2v) is 4.58. The van der Waals surface area contributed by atoms with E-state index < -0.39 is 5.97 Å². The summed E-state index contributed by atoms with van der Waals surface area (Å²) < 4.78 is 16.3. The van der Waals surface area contributed by atoms with Crippen molar-refractivity contribution < 1.29 is 18.7 Å². The highest BCUT2D eigenvalue weighted by atomic mass is 79.9. The van der Waals surface area contributed by atoms with Crippen LogP contribution in [0, 0.1) is 0 Å². The van der Waals surface area contributed by atoms with E-state index in [0.29, 0.717) is 12.4 Å². The topological polar surface area (TPSA) is 48.7 Å². The molecule has 0 aliphatic rings. The number of benzene rings is 1. The van der Waals surface area contributed by atoms with E-state index in [-0.39, 0.29) is 5.76 Å². The molecule has 2 aromatic rings. The Bertz CT molecular complexity index is 589. The first-order valence-electron chi connectivity index (χ1n) is 5.76. The predicted molar refractivity (Wildman–Crippen MR) is 74.4 cm³/mol. The van der Waals surface area contributed by atoms with E-state index in [9.17, 15) is 4.79 Å². The average molecular weight is 325 g/mol. The molecule has 0 bridgehead atoms. The summed E-state index contributed by atoms with van der Waals surface area (Å²) in [6.07, 6.45) is 0. The molecule has 0 aliphatic heterocycles. The summed E-state index contributed by atoms with van der Waals surface area (Å²) in [6, 6.07) is 8.86. The quantitative estimate of drug-likeness (QED) is 0.800. The number of methoxy groups -OCH3 is 1. The maximum atomic E-state index is 11.5. The molecular weight excluding hydrogens is 312 g/mol. The van der Waals surface area contributed by atoms with Crippen molar-refractivity contribution in [1.82, 2.24) is 0 Å². The number of halogens is 1. The molecule has 0 amide bonds. The van der Waals surface area contributed by atoms with Crippen molar-refractivity contribution in [2.24, 2.45) is 0 Å². The molecule has 0 saturated carbocycles. The number of furan rings is 1. The van der Waals surface area contributed by atoms with Gasteiger partial charge in [-0.15, -0.1) is 0 Å². The molecule has 0 aliphatic carbocycles. The number of hydrogen-bond acceptors (Lipinski definition) is 4. The fourth-order valence-corrected chi connectivity index (χ4v) is 2.17. The van der Waals surface area contributed by atoms with Crippen LogP contribution >= 0.6 is 15.9 Å². The minimum Gasteiger partial charge on any atom is -0.497 e. The standard InChI is InChI=1S/C14H13BrO4/c1-3-18-14(16)13-7-6-12(19-13)10-5-4-9(17-2)8-11(10)15/h4-8H,3H2,1-2H3. The molecule has 5 heteroatoms. The van der Waals surface area contributed by atoms with Gasteiger partial charge in [0.2, 0.25) is 5.76 Å². The van der Waals surface area contributed by atoms with Crippen LogP contribution in [0.25, 0.3) is 11.3 Å². The van der Waals surface area contributed by atoms with Gasteiger partial charge in [-0.05, 0) is 53.2 Å². The fraction of sp³-hybridized carbons (Fsp3) is 0.214. The number of rotatable bonds is 4. The van der Waals surface area contributed by atoms with E-state index in [1.807, 2.05) is 18.2 Å². The van der Waals surface area contributed by atoms with E-state index >= 15 is 0 Å². The Hall–Kier alpha value is -1.75. The minimum atomic E-state index is -0.460. The summed E-state index contributed by atoms with van der Waals surface area (Å²) in [5.41, 5.74) is 0.844.